The number of aliphatic hydroxyl groups is 1. The minimum Gasteiger partial charge on any atom is -0.491 e. The van der Waals surface area contributed by atoms with E-state index in [-0.39, 0.29) is 38.0 Å². The summed E-state index contributed by atoms with van der Waals surface area (Å²) in [6.07, 6.45) is -0.582. The fourth-order valence-corrected chi connectivity index (χ4v) is 5.18. The molecule has 0 saturated carbocycles. The number of aromatic nitrogens is 3. The van der Waals surface area contributed by atoms with Crippen LogP contribution >= 0.6 is 11.6 Å². The van der Waals surface area contributed by atoms with Crippen molar-refractivity contribution in [1.82, 2.24) is 15.0 Å². The summed E-state index contributed by atoms with van der Waals surface area (Å²) >= 11 is 6.47. The zero-order valence-electron chi connectivity index (χ0n) is 18.5. The van der Waals surface area contributed by atoms with Crippen molar-refractivity contribution in [1.29, 1.82) is 0 Å². The summed E-state index contributed by atoms with van der Waals surface area (Å²) in [6, 6.07) is 4.59. The van der Waals surface area contributed by atoms with E-state index in [1.165, 1.54) is 6.07 Å². The lowest BCUT2D eigenvalue weighted by molar-refractivity contribution is 0.00706. The summed E-state index contributed by atoms with van der Waals surface area (Å²) < 4.78 is 49.6. The van der Waals surface area contributed by atoms with Crippen molar-refractivity contribution in [2.75, 3.05) is 31.8 Å². The predicted molar refractivity (Wildman–Crippen MR) is 121 cm³/mol. The Balaban J connectivity index is 1.20. The number of hydrogen-bond acceptors (Lipinski definition) is 8. The highest BCUT2D eigenvalue weighted by molar-refractivity contribution is 6.33. The van der Waals surface area contributed by atoms with Gasteiger partial charge in [0, 0.05) is 11.6 Å². The number of nitrogens with zero attached hydrogens (tertiary/aromatic N) is 2. The van der Waals surface area contributed by atoms with E-state index in [1.807, 2.05) is 0 Å². The van der Waals surface area contributed by atoms with E-state index in [2.05, 4.69) is 20.3 Å². The molecule has 5 atom stereocenters. The number of rotatable bonds is 7. The first-order chi connectivity index (χ1) is 17.0. The summed E-state index contributed by atoms with van der Waals surface area (Å²) in [4.78, 5) is 12.0. The highest BCUT2D eigenvalue weighted by Crippen LogP contribution is 2.39. The van der Waals surface area contributed by atoms with E-state index in [1.54, 1.807) is 12.1 Å². The molecule has 4 heterocycles. The van der Waals surface area contributed by atoms with Crippen LogP contribution in [0.4, 0.5) is 14.6 Å². The molecule has 3 aliphatic rings. The number of hydrogen-bond donors (Lipinski definition) is 3. The molecule has 1 aromatic carbocycles. The maximum absolute atomic E-state index is 14.9. The Labute approximate surface area is 203 Å². The van der Waals surface area contributed by atoms with Gasteiger partial charge in [-0.1, -0.05) is 11.6 Å². The number of nitrogens with one attached hydrogen (secondary N) is 2. The number of fused-ring (bicyclic) bond motifs is 3. The topological polar surface area (TPSA) is 111 Å². The molecule has 2 aromatic heterocycles. The zero-order valence-corrected chi connectivity index (χ0v) is 19.2. The number of benzene rings is 1. The molecule has 1 aliphatic carbocycles. The van der Waals surface area contributed by atoms with Crippen molar-refractivity contribution in [3.8, 4) is 11.8 Å². The molecule has 186 valence electrons. The zero-order chi connectivity index (χ0) is 24.1. The Kier molecular flexibility index (Phi) is 5.87. The number of aromatic amines is 1. The Morgan fingerprint density at radius 3 is 2.91 bits per heavy atom. The molecule has 3 N–H and O–H groups in total. The maximum Gasteiger partial charge on any atom is 0.296 e. The van der Waals surface area contributed by atoms with Crippen LogP contribution in [0.5, 0.6) is 11.8 Å². The van der Waals surface area contributed by atoms with E-state index >= 15 is 0 Å². The third-order valence-electron chi connectivity index (χ3n) is 6.55. The van der Waals surface area contributed by atoms with Gasteiger partial charge in [-0.15, -0.1) is 0 Å². The lowest BCUT2D eigenvalue weighted by Crippen LogP contribution is -2.34. The molecule has 6 rings (SSSR count). The van der Waals surface area contributed by atoms with Crippen LogP contribution in [0.3, 0.4) is 0 Å². The number of aryl methyl sites for hydroxylation is 1. The number of ether oxygens (including phenoxy) is 4. The van der Waals surface area contributed by atoms with Crippen molar-refractivity contribution >= 4 is 28.6 Å². The Hall–Kier alpha value is -2.73. The highest BCUT2D eigenvalue weighted by atomic mass is 35.5. The van der Waals surface area contributed by atoms with Crippen LogP contribution < -0.4 is 14.8 Å². The van der Waals surface area contributed by atoms with E-state index in [9.17, 15) is 13.9 Å². The summed E-state index contributed by atoms with van der Waals surface area (Å²) in [5, 5.41) is 13.5. The number of imidazole rings is 1. The SMILES string of the molecule is O[C@@H]1CO[C@H]2[C@@H]1OC[C@H]2Oc1nc2nc(NC3CCc4cc(OCCF)cc(F)c43)c(Cl)cc2[nH]1. The Bertz CT molecular complexity index is 1260. The molecular formula is C23H23ClF2N4O5. The summed E-state index contributed by atoms with van der Waals surface area (Å²) in [6.45, 7) is -0.267. The third-order valence-corrected chi connectivity index (χ3v) is 6.83. The lowest BCUT2D eigenvalue weighted by Gasteiger charge is -2.17. The van der Waals surface area contributed by atoms with Gasteiger partial charge in [-0.25, -0.2) is 13.8 Å². The van der Waals surface area contributed by atoms with Crippen LogP contribution in [0.15, 0.2) is 18.2 Å². The van der Waals surface area contributed by atoms with Crippen LogP contribution in [0.25, 0.3) is 11.2 Å². The normalized spacial score (nSPS) is 27.3. The minimum atomic E-state index is -0.668. The first kappa shape index (κ1) is 22.7. The molecule has 1 unspecified atom stereocenters. The van der Waals surface area contributed by atoms with Gasteiger partial charge in [0.05, 0.1) is 29.8 Å². The second kappa shape index (κ2) is 9.05. The second-order valence-electron chi connectivity index (χ2n) is 8.80. The fraction of sp³-hybridized carbons (Fsp3) is 0.478. The van der Waals surface area contributed by atoms with E-state index in [4.69, 9.17) is 30.5 Å². The molecule has 2 aliphatic heterocycles. The Morgan fingerprint density at radius 2 is 2.06 bits per heavy atom. The summed E-state index contributed by atoms with van der Waals surface area (Å²) in [7, 11) is 0. The first-order valence-electron chi connectivity index (χ1n) is 11.4. The lowest BCUT2D eigenvalue weighted by atomic mass is 10.1. The van der Waals surface area contributed by atoms with Crippen molar-refractivity contribution in [3.63, 3.8) is 0 Å². The molecular weight excluding hydrogens is 486 g/mol. The molecule has 2 saturated heterocycles. The van der Waals surface area contributed by atoms with Crippen molar-refractivity contribution in [2.24, 2.45) is 0 Å². The van der Waals surface area contributed by atoms with Gasteiger partial charge in [0.2, 0.25) is 0 Å². The van der Waals surface area contributed by atoms with E-state index in [0.717, 1.165) is 5.56 Å². The third kappa shape index (κ3) is 4.16. The number of alkyl halides is 1. The standard InChI is InChI=1S/C23H23ClF2N4O5/c24-12-7-15-22(30-23(28-15)35-17-9-34-19-16(31)8-33-20(17)19)29-21(12)27-14-2-1-10-5-11(32-4-3-25)6-13(26)18(10)14/h5-7,14,16-17,19-20,31H,1-4,8-9H2,(H2,27,28,29,30)/t14?,16-,17-,19-,20-/m1/s1. The quantitative estimate of drug-likeness (QED) is 0.446. The van der Waals surface area contributed by atoms with E-state index < -0.39 is 30.8 Å². The summed E-state index contributed by atoms with van der Waals surface area (Å²) in [5.74, 6) is 0.270. The first-order valence-corrected chi connectivity index (χ1v) is 11.8. The molecule has 35 heavy (non-hydrogen) atoms. The van der Waals surface area contributed by atoms with Crippen LogP contribution in [-0.2, 0) is 15.9 Å². The van der Waals surface area contributed by atoms with Crippen molar-refractivity contribution in [2.45, 2.75) is 43.3 Å². The van der Waals surface area contributed by atoms with Gasteiger partial charge in [-0.2, -0.15) is 4.98 Å². The molecule has 9 nitrogen and oxygen atoms in total. The number of anilines is 1. The molecule has 0 spiro atoms. The van der Waals surface area contributed by atoms with Crippen LogP contribution in [0.1, 0.15) is 23.6 Å². The Morgan fingerprint density at radius 1 is 1.20 bits per heavy atom. The number of H-pyrrole nitrogens is 1. The average molecular weight is 509 g/mol. The van der Waals surface area contributed by atoms with Gasteiger partial charge in [0.25, 0.3) is 6.01 Å². The van der Waals surface area contributed by atoms with Gasteiger partial charge in [-0.3, -0.25) is 0 Å². The predicted octanol–water partition coefficient (Wildman–Crippen LogP) is 3.10. The van der Waals surface area contributed by atoms with Crippen LogP contribution in [0.2, 0.25) is 5.02 Å². The molecule has 2 fully saturated rings. The van der Waals surface area contributed by atoms with Crippen molar-refractivity contribution in [3.05, 3.63) is 40.2 Å². The molecule has 0 bridgehead atoms. The van der Waals surface area contributed by atoms with Gasteiger partial charge >= 0.3 is 0 Å². The number of halogens is 3. The molecule has 3 aromatic rings. The number of pyridine rings is 1. The van der Waals surface area contributed by atoms with Gasteiger partial charge in [0.1, 0.15) is 49.0 Å². The maximum atomic E-state index is 14.9. The highest BCUT2D eigenvalue weighted by Gasteiger charge is 2.48. The van der Waals surface area contributed by atoms with Gasteiger partial charge in [0.15, 0.2) is 11.8 Å². The van der Waals surface area contributed by atoms with Gasteiger partial charge < -0.3 is 34.4 Å². The van der Waals surface area contributed by atoms with Crippen LogP contribution in [0, 0.1) is 5.82 Å². The van der Waals surface area contributed by atoms with Crippen molar-refractivity contribution < 1.29 is 32.8 Å². The largest absolute Gasteiger partial charge is 0.491 e. The van der Waals surface area contributed by atoms with E-state index in [0.29, 0.717) is 46.2 Å². The van der Waals surface area contributed by atoms with Gasteiger partial charge in [-0.05, 0) is 30.5 Å². The average Bonchev–Trinajstić information content (AvgIpc) is 3.59. The smallest absolute Gasteiger partial charge is 0.296 e. The molecule has 0 amide bonds. The fourth-order valence-electron chi connectivity index (χ4n) is 4.98. The molecule has 12 heteroatoms. The number of aliphatic hydroxyl groups excluding tert-OH is 1. The summed E-state index contributed by atoms with van der Waals surface area (Å²) in [5.41, 5.74) is 2.28. The second-order valence-corrected chi connectivity index (χ2v) is 9.21. The van der Waals surface area contributed by atoms with Crippen LogP contribution in [-0.4, -0.2) is 71.0 Å². The molecule has 0 radical (unpaired) electrons. The minimum absolute atomic E-state index is 0.112. The monoisotopic (exact) mass is 508 g/mol.